The normalized spacial score (nSPS) is 15.3. The van der Waals surface area contributed by atoms with Gasteiger partial charge in [0.15, 0.2) is 46.0 Å². The molecule has 4 unspecified atom stereocenters. The Kier molecular flexibility index (Phi) is 37.0. The number of aryl methyl sites for hydroxylation is 5. The summed E-state index contributed by atoms with van der Waals surface area (Å²) >= 11 is 6.40. The number of likely N-dealkylation sites (N-methyl/N-ethyl adjacent to an activating group) is 1. The van der Waals surface area contributed by atoms with Crippen LogP contribution in [-0.2, 0) is 0 Å². The summed E-state index contributed by atoms with van der Waals surface area (Å²) < 4.78 is 70.2. The molecule has 0 aliphatic carbocycles. The Labute approximate surface area is 817 Å². The lowest BCUT2D eigenvalue weighted by Gasteiger charge is -2.32. The molecule has 0 amide bonds. The summed E-state index contributed by atoms with van der Waals surface area (Å²) in [5, 5.41) is 3.52. The second-order valence-electron chi connectivity index (χ2n) is 33.8. The van der Waals surface area contributed by atoms with Gasteiger partial charge in [0.2, 0.25) is 0 Å². The fourth-order valence-corrected chi connectivity index (χ4v) is 20.1. The number of thiazole rings is 4. The highest BCUT2D eigenvalue weighted by atomic mass is 32.1. The van der Waals surface area contributed by atoms with Gasteiger partial charge in [-0.15, -0.1) is 45.3 Å². The SMILES string of the molecule is COc1ccc(-c2nc(C(C)Oc3nc(C)cc(N)n3)c(C)s2)cc1OCCN1CCCCC1.COc1ccc(-c2nc(C(C)Oc3nc(N)cc(N)n3)c(C)s2)cc1OCCN1CCCCC1.COc1ccc(-c2nc(C(C)Oc3nc(N)cc(N)n3)c(C)s2)cc1OCCN1CCCCC1.COc1ccc(-c2nc(C(C)Oc3nc(N)cc(N)n3)c(C)s2)cc1OCCN1CCN(C)CC1. The Morgan fingerprint density at radius 2 is 0.504 bits per heavy atom. The van der Waals surface area contributed by atoms with Gasteiger partial charge in [-0.2, -0.15) is 34.9 Å². The first-order valence-corrected chi connectivity index (χ1v) is 49.6. The number of likely N-dealkylation sites (tertiary alicyclic amines) is 3. The van der Waals surface area contributed by atoms with Crippen LogP contribution < -0.4 is 97.0 Å². The average molecular weight is 1950 g/mol. The highest BCUT2D eigenvalue weighted by molar-refractivity contribution is 7.16. The van der Waals surface area contributed by atoms with Crippen LogP contribution in [0.4, 0.5) is 40.7 Å². The molecule has 40 heteroatoms. The summed E-state index contributed by atoms with van der Waals surface area (Å²) in [6.07, 6.45) is 10.2. The zero-order valence-electron chi connectivity index (χ0n) is 80.8. The van der Waals surface area contributed by atoms with Crippen LogP contribution in [0.25, 0.3) is 42.3 Å². The zero-order chi connectivity index (χ0) is 97.2. The maximum Gasteiger partial charge on any atom is 0.320 e. The highest BCUT2D eigenvalue weighted by Gasteiger charge is 2.28. The Morgan fingerprint density at radius 1 is 0.277 bits per heavy atom. The Bertz CT molecular complexity index is 5410. The van der Waals surface area contributed by atoms with E-state index in [9.17, 15) is 0 Å². The molecule has 4 atom stereocenters. The summed E-state index contributed by atoms with van der Waals surface area (Å²) in [7, 11) is 8.78. The lowest BCUT2D eigenvalue weighted by molar-refractivity contribution is 0.133. The third-order valence-corrected chi connectivity index (χ3v) is 27.5. The van der Waals surface area contributed by atoms with Gasteiger partial charge < -0.3 is 102 Å². The van der Waals surface area contributed by atoms with E-state index in [0.717, 1.165) is 205 Å². The molecule has 4 fully saturated rings. The first-order valence-electron chi connectivity index (χ1n) is 46.3. The van der Waals surface area contributed by atoms with Crippen LogP contribution in [-0.4, -0.2) is 238 Å². The number of hydrogen-bond donors (Lipinski definition) is 7. The van der Waals surface area contributed by atoms with Gasteiger partial charge in [-0.05, 0) is 220 Å². The first kappa shape index (κ1) is 102. The number of nitrogens with zero attached hydrogens (tertiary/aromatic N) is 17. The van der Waals surface area contributed by atoms with E-state index in [1.165, 1.54) is 76.0 Å². The van der Waals surface area contributed by atoms with Gasteiger partial charge in [0.05, 0.1) is 51.2 Å². The minimum Gasteiger partial charge on any atom is -0.493 e. The fraction of sp³-hybridized carbons (Fsp3) is 0.464. The summed E-state index contributed by atoms with van der Waals surface area (Å²) in [5.41, 5.74) is 48.2. The molecule has 0 radical (unpaired) electrons. The average Bonchev–Trinajstić information content (AvgIpc) is 1.69. The molecular weight excluding hydrogens is 1820 g/mol. The minimum absolute atomic E-state index is 0.129. The maximum atomic E-state index is 6.14. The van der Waals surface area contributed by atoms with Crippen molar-refractivity contribution in [1.29, 1.82) is 0 Å². The molecule has 4 aliphatic rings. The van der Waals surface area contributed by atoms with Gasteiger partial charge in [0, 0.05) is 124 Å². The number of benzene rings is 4. The standard InChI is InChI=1S/C25H33N5O3S.C24H33N7O3S.2C24H32N6O3S/c1-16-14-22(26)28-25(27-16)33-17(2)23-18(3)34-24(29-23)19-8-9-20(31-4)21(15-19)32-13-12-30-10-6-5-7-11-30;1-15(34-24-27-20(25)14-21(26)28-24)22-16(2)35-23(29-22)17-5-6-18(32-4)19(13-17)33-12-11-31-9-7-30(3)8-10-31;2*1-15(33-24-27-20(25)14-21(26)28-24)22-16(2)34-23(29-22)17-7-8-18(31-3)19(13-17)32-12-11-30-9-5-4-6-10-30/h8-9,14-15,17H,5-7,10-13H2,1-4H3,(H2,26,27,28);5-6,13-15H,7-12H2,1-4H3,(H4,25,26,27,28);2*7-8,13-15H,4-6,9-12H2,1-3H3,(H4,25,26,27,28). The molecule has 734 valence electrons. The number of hydrogen-bond acceptors (Lipinski definition) is 40. The van der Waals surface area contributed by atoms with Crippen LogP contribution in [0, 0.1) is 34.6 Å². The summed E-state index contributed by atoms with van der Waals surface area (Å²) in [4.78, 5) is 68.8. The predicted octanol–water partition coefficient (Wildman–Crippen LogP) is 15.8. The van der Waals surface area contributed by atoms with Gasteiger partial charge in [0.1, 0.15) is 112 Å². The molecular formula is C97H130N24O12S4. The number of piperidine rings is 3. The number of nitrogen functional groups attached to an aromatic ring is 7. The van der Waals surface area contributed by atoms with Crippen molar-refractivity contribution >= 4 is 86.1 Å². The van der Waals surface area contributed by atoms with Crippen LogP contribution >= 0.6 is 45.3 Å². The van der Waals surface area contributed by atoms with Crippen molar-refractivity contribution in [3.63, 3.8) is 0 Å². The van der Waals surface area contributed by atoms with E-state index >= 15 is 0 Å². The van der Waals surface area contributed by atoms with Crippen molar-refractivity contribution < 1.29 is 56.8 Å². The minimum atomic E-state index is -0.376. The van der Waals surface area contributed by atoms with Crippen molar-refractivity contribution in [3.8, 4) is 112 Å². The van der Waals surface area contributed by atoms with E-state index in [0.29, 0.717) is 55.2 Å². The van der Waals surface area contributed by atoms with E-state index in [4.69, 9.17) is 117 Å². The van der Waals surface area contributed by atoms with Crippen LogP contribution in [0.5, 0.6) is 70.0 Å². The van der Waals surface area contributed by atoms with Gasteiger partial charge in [-0.1, -0.05) is 19.3 Å². The molecule has 4 saturated heterocycles. The van der Waals surface area contributed by atoms with Gasteiger partial charge in [0.25, 0.3) is 0 Å². The largest absolute Gasteiger partial charge is 0.493 e. The molecule has 0 saturated carbocycles. The first-order chi connectivity index (χ1) is 66.1. The quantitative estimate of drug-likeness (QED) is 0.0192. The van der Waals surface area contributed by atoms with Crippen molar-refractivity contribution in [2.45, 2.75) is 145 Å². The van der Waals surface area contributed by atoms with Crippen LogP contribution in [0.1, 0.15) is 158 Å². The lowest BCUT2D eigenvalue weighted by atomic mass is 10.1. The number of aromatic nitrogens is 12. The fourth-order valence-electron chi connectivity index (χ4n) is 16.1. The molecule has 8 aromatic heterocycles. The third kappa shape index (κ3) is 29.4. The smallest absolute Gasteiger partial charge is 0.320 e. The van der Waals surface area contributed by atoms with Crippen molar-refractivity contribution in [2.24, 2.45) is 0 Å². The molecule has 14 N–H and O–H groups in total. The van der Waals surface area contributed by atoms with Crippen molar-refractivity contribution in [3.05, 3.63) is 145 Å². The second kappa shape index (κ2) is 49.7. The van der Waals surface area contributed by atoms with Gasteiger partial charge in [-0.3, -0.25) is 19.6 Å². The van der Waals surface area contributed by atoms with E-state index in [-0.39, 0.29) is 83.4 Å². The van der Waals surface area contributed by atoms with E-state index in [2.05, 4.69) is 71.4 Å². The van der Waals surface area contributed by atoms with E-state index in [1.807, 2.05) is 135 Å². The number of anilines is 7. The Morgan fingerprint density at radius 3 is 0.737 bits per heavy atom. The molecule has 36 nitrogen and oxygen atoms in total. The van der Waals surface area contributed by atoms with Gasteiger partial charge >= 0.3 is 24.0 Å². The molecule has 0 bridgehead atoms. The number of rotatable bonds is 36. The summed E-state index contributed by atoms with van der Waals surface area (Å²) in [5.74, 6) is 7.68. The molecule has 137 heavy (non-hydrogen) atoms. The molecule has 16 rings (SSSR count). The Balaban J connectivity index is 0.000000154. The lowest BCUT2D eigenvalue weighted by Crippen LogP contribution is -2.45. The number of methoxy groups -OCH3 is 4. The van der Waals surface area contributed by atoms with E-state index in [1.54, 1.807) is 79.9 Å². The summed E-state index contributed by atoms with van der Waals surface area (Å²) in [6, 6.07) is 30.5. The number of nitrogens with two attached hydrogens (primary N) is 7. The second-order valence-corrected chi connectivity index (χ2v) is 38.6. The van der Waals surface area contributed by atoms with Gasteiger partial charge in [-0.25, -0.2) is 24.9 Å². The topological polar surface area (TPSA) is 464 Å². The molecule has 4 aliphatic heterocycles. The monoisotopic (exact) mass is 1950 g/mol. The highest BCUT2D eigenvalue weighted by Crippen LogP contribution is 2.43. The van der Waals surface area contributed by atoms with Crippen molar-refractivity contribution in [1.82, 2.24) is 84.3 Å². The third-order valence-electron chi connectivity index (χ3n) is 23.3. The summed E-state index contributed by atoms with van der Waals surface area (Å²) in [6.45, 7) is 34.9. The maximum absolute atomic E-state index is 6.14. The zero-order valence-corrected chi connectivity index (χ0v) is 84.1. The van der Waals surface area contributed by atoms with Crippen LogP contribution in [0.2, 0.25) is 0 Å². The molecule has 0 spiro atoms. The van der Waals surface area contributed by atoms with Crippen LogP contribution in [0.3, 0.4) is 0 Å². The number of ether oxygens (including phenoxy) is 12. The van der Waals surface area contributed by atoms with Crippen molar-refractivity contribution in [2.75, 3.05) is 194 Å². The van der Waals surface area contributed by atoms with Crippen LogP contribution in [0.15, 0.2) is 97.1 Å². The van der Waals surface area contributed by atoms with E-state index < -0.39 is 0 Å². The predicted molar refractivity (Wildman–Crippen MR) is 542 cm³/mol. The number of piperazine rings is 1. The molecule has 4 aromatic carbocycles. The Hall–Kier alpha value is -12.3. The molecule has 12 heterocycles. The molecule has 12 aromatic rings.